The summed E-state index contributed by atoms with van der Waals surface area (Å²) in [5, 5.41) is 13.7. The molecular weight excluding hydrogens is 426 g/mol. The number of ether oxygens (including phenoxy) is 1. The zero-order chi connectivity index (χ0) is 24.6. The maximum Gasteiger partial charge on any atom is 0.408 e. The van der Waals surface area contributed by atoms with E-state index in [1.54, 1.807) is 50.3 Å². The number of carbonyl (C=O) groups excluding carboxylic acids is 3. The monoisotopic (exact) mass is 463 g/mol. The Morgan fingerprint density at radius 3 is 2.36 bits per heavy atom. The first-order valence-corrected chi connectivity index (χ1v) is 11.7. The lowest BCUT2D eigenvalue weighted by Gasteiger charge is -2.41. The maximum atomic E-state index is 13.4. The number of hydrogen-bond acceptors (Lipinski definition) is 6. The SMILES string of the molecule is CCC(O)(CC)C(NC(=O)OC(C)(C)C)C(=O)N1CCC(N2Cc3cnc(C)n3C2=O)CC1. The molecule has 0 spiro atoms. The van der Waals surface area contributed by atoms with Gasteiger partial charge in [0.05, 0.1) is 24.0 Å². The summed E-state index contributed by atoms with van der Waals surface area (Å²) in [6, 6.07) is -1.16. The van der Waals surface area contributed by atoms with Gasteiger partial charge in [0.1, 0.15) is 17.5 Å². The molecule has 1 aromatic heterocycles. The molecule has 3 amide bonds. The van der Waals surface area contributed by atoms with Gasteiger partial charge >= 0.3 is 12.1 Å². The smallest absolute Gasteiger partial charge is 0.408 e. The fourth-order valence-corrected chi connectivity index (χ4v) is 4.61. The van der Waals surface area contributed by atoms with Crippen LogP contribution in [0.15, 0.2) is 6.20 Å². The van der Waals surface area contributed by atoms with Crippen LogP contribution in [0.4, 0.5) is 9.59 Å². The minimum absolute atomic E-state index is 0.0225. The van der Waals surface area contributed by atoms with Crippen LogP contribution in [0.25, 0.3) is 0 Å². The summed E-state index contributed by atoms with van der Waals surface area (Å²) >= 11 is 0. The average molecular weight is 464 g/mol. The molecule has 0 aromatic carbocycles. The predicted molar refractivity (Wildman–Crippen MR) is 122 cm³/mol. The van der Waals surface area contributed by atoms with Gasteiger partial charge in [0.25, 0.3) is 0 Å². The summed E-state index contributed by atoms with van der Waals surface area (Å²) in [7, 11) is 0. The minimum atomic E-state index is -1.39. The molecule has 33 heavy (non-hydrogen) atoms. The third kappa shape index (κ3) is 5.15. The van der Waals surface area contributed by atoms with E-state index in [0.29, 0.717) is 51.1 Å². The number of rotatable bonds is 6. The molecular formula is C23H37N5O5. The molecule has 1 fully saturated rings. The van der Waals surface area contributed by atoms with Crippen LogP contribution in [0.2, 0.25) is 0 Å². The molecule has 1 saturated heterocycles. The third-order valence-corrected chi connectivity index (χ3v) is 6.67. The Hall–Kier alpha value is -2.62. The fraction of sp³-hybridized carbons (Fsp3) is 0.739. The van der Waals surface area contributed by atoms with Crippen LogP contribution in [0, 0.1) is 6.92 Å². The van der Waals surface area contributed by atoms with Gasteiger partial charge in [0.15, 0.2) is 0 Å². The zero-order valence-electron chi connectivity index (χ0n) is 20.6. The molecule has 3 rings (SSSR count). The van der Waals surface area contributed by atoms with Gasteiger partial charge in [-0.25, -0.2) is 14.6 Å². The second-order valence-corrected chi connectivity index (χ2v) is 9.99. The molecule has 3 heterocycles. The van der Waals surface area contributed by atoms with E-state index in [2.05, 4.69) is 10.3 Å². The molecule has 0 bridgehead atoms. The Bertz CT molecular complexity index is 894. The highest BCUT2D eigenvalue weighted by atomic mass is 16.6. The summed E-state index contributed by atoms with van der Waals surface area (Å²) in [6.45, 7) is 12.0. The summed E-state index contributed by atoms with van der Waals surface area (Å²) < 4.78 is 6.98. The Labute approximate surface area is 195 Å². The van der Waals surface area contributed by atoms with Crippen molar-refractivity contribution in [3.8, 4) is 0 Å². The van der Waals surface area contributed by atoms with Crippen LogP contribution in [-0.4, -0.2) is 78.9 Å². The normalized spacial score (nSPS) is 18.3. The van der Waals surface area contributed by atoms with Gasteiger partial charge < -0.3 is 25.0 Å². The lowest BCUT2D eigenvalue weighted by molar-refractivity contribution is -0.143. The second-order valence-electron chi connectivity index (χ2n) is 9.99. The van der Waals surface area contributed by atoms with E-state index in [1.165, 1.54) is 0 Å². The number of nitrogens with zero attached hydrogens (tertiary/aromatic N) is 4. The number of carbonyl (C=O) groups is 3. The molecule has 184 valence electrons. The number of aliphatic hydroxyl groups is 1. The van der Waals surface area contributed by atoms with Crippen molar-refractivity contribution in [2.24, 2.45) is 0 Å². The molecule has 2 N–H and O–H groups in total. The van der Waals surface area contributed by atoms with E-state index in [0.717, 1.165) is 5.69 Å². The molecule has 0 saturated carbocycles. The van der Waals surface area contributed by atoms with Crippen molar-refractivity contribution >= 4 is 18.0 Å². The molecule has 1 unspecified atom stereocenters. The number of likely N-dealkylation sites (tertiary alicyclic amines) is 1. The number of nitrogens with one attached hydrogen (secondary N) is 1. The Kier molecular flexibility index (Phi) is 7.07. The number of imidazole rings is 1. The number of piperidine rings is 1. The molecule has 2 aliphatic rings. The van der Waals surface area contributed by atoms with E-state index < -0.39 is 23.3 Å². The van der Waals surface area contributed by atoms with Crippen molar-refractivity contribution in [3.05, 3.63) is 17.7 Å². The Balaban J connectivity index is 1.67. The van der Waals surface area contributed by atoms with Gasteiger partial charge in [-0.1, -0.05) is 13.8 Å². The van der Waals surface area contributed by atoms with Crippen molar-refractivity contribution in [2.45, 2.75) is 97.1 Å². The van der Waals surface area contributed by atoms with Crippen LogP contribution in [-0.2, 0) is 16.1 Å². The summed E-state index contributed by atoms with van der Waals surface area (Å²) in [5.74, 6) is 0.351. The number of amides is 3. The van der Waals surface area contributed by atoms with Crippen LogP contribution in [0.1, 0.15) is 71.8 Å². The predicted octanol–water partition coefficient (Wildman–Crippen LogP) is 2.41. The number of hydrogen-bond donors (Lipinski definition) is 2. The van der Waals surface area contributed by atoms with Crippen molar-refractivity contribution in [2.75, 3.05) is 13.1 Å². The van der Waals surface area contributed by atoms with Gasteiger partial charge in [-0.2, -0.15) is 0 Å². The van der Waals surface area contributed by atoms with Crippen molar-refractivity contribution in [1.29, 1.82) is 0 Å². The molecule has 0 radical (unpaired) electrons. The van der Waals surface area contributed by atoms with Crippen molar-refractivity contribution in [3.63, 3.8) is 0 Å². The van der Waals surface area contributed by atoms with Crippen LogP contribution >= 0.6 is 0 Å². The van der Waals surface area contributed by atoms with Gasteiger partial charge in [-0.3, -0.25) is 9.36 Å². The number of fused-ring (bicyclic) bond motifs is 1. The highest BCUT2D eigenvalue weighted by Gasteiger charge is 2.44. The van der Waals surface area contributed by atoms with E-state index >= 15 is 0 Å². The molecule has 10 nitrogen and oxygen atoms in total. The third-order valence-electron chi connectivity index (χ3n) is 6.67. The first kappa shape index (κ1) is 25.0. The quantitative estimate of drug-likeness (QED) is 0.669. The maximum absolute atomic E-state index is 13.4. The molecule has 2 aliphatic heterocycles. The van der Waals surface area contributed by atoms with E-state index in [9.17, 15) is 19.5 Å². The van der Waals surface area contributed by atoms with Crippen LogP contribution < -0.4 is 5.32 Å². The zero-order valence-corrected chi connectivity index (χ0v) is 20.6. The summed E-state index contributed by atoms with van der Waals surface area (Å²) in [5.41, 5.74) is -1.22. The Morgan fingerprint density at radius 1 is 1.24 bits per heavy atom. The fourth-order valence-electron chi connectivity index (χ4n) is 4.61. The standard InChI is InChI=1S/C23H37N5O5/c1-7-23(32,8-2)18(25-20(30)33-22(4,5)6)19(29)26-11-9-16(10-12-26)27-14-17-13-24-15(3)28(17)21(27)31/h13,16,18,32H,7-12,14H2,1-6H3,(H,25,30). The topological polar surface area (TPSA) is 117 Å². The largest absolute Gasteiger partial charge is 0.444 e. The molecule has 1 atom stereocenters. The first-order chi connectivity index (χ1) is 15.4. The van der Waals surface area contributed by atoms with E-state index in [1.807, 2.05) is 11.8 Å². The van der Waals surface area contributed by atoms with Crippen molar-refractivity contribution < 1.29 is 24.2 Å². The highest BCUT2D eigenvalue weighted by Crippen LogP contribution is 2.28. The Morgan fingerprint density at radius 2 is 1.85 bits per heavy atom. The van der Waals surface area contributed by atoms with E-state index in [-0.39, 0.29) is 18.0 Å². The number of aromatic nitrogens is 2. The number of alkyl carbamates (subject to hydrolysis) is 1. The summed E-state index contributed by atoms with van der Waals surface area (Å²) in [4.78, 5) is 46.4. The van der Waals surface area contributed by atoms with Crippen LogP contribution in [0.3, 0.4) is 0 Å². The van der Waals surface area contributed by atoms with Crippen molar-refractivity contribution in [1.82, 2.24) is 24.7 Å². The summed E-state index contributed by atoms with van der Waals surface area (Å²) in [6.07, 6.45) is 2.87. The lowest BCUT2D eigenvalue weighted by Crippen LogP contribution is -2.62. The first-order valence-electron chi connectivity index (χ1n) is 11.7. The average Bonchev–Trinajstić information content (AvgIpc) is 3.29. The van der Waals surface area contributed by atoms with E-state index in [4.69, 9.17) is 4.74 Å². The van der Waals surface area contributed by atoms with Gasteiger partial charge in [0.2, 0.25) is 5.91 Å². The highest BCUT2D eigenvalue weighted by molar-refractivity contribution is 5.87. The van der Waals surface area contributed by atoms with Crippen LogP contribution in [0.5, 0.6) is 0 Å². The molecule has 0 aliphatic carbocycles. The van der Waals surface area contributed by atoms with Gasteiger partial charge in [0, 0.05) is 19.1 Å². The molecule has 1 aromatic rings. The lowest BCUT2D eigenvalue weighted by atomic mass is 9.87. The molecule has 10 heteroatoms. The van der Waals surface area contributed by atoms with Gasteiger partial charge in [-0.15, -0.1) is 0 Å². The second kappa shape index (κ2) is 9.32. The van der Waals surface area contributed by atoms with Gasteiger partial charge in [-0.05, 0) is 53.4 Å². The number of aryl methyl sites for hydroxylation is 1. The minimum Gasteiger partial charge on any atom is -0.444 e.